The van der Waals surface area contributed by atoms with E-state index in [1.165, 1.54) is 98.4 Å². The third-order valence-electron chi connectivity index (χ3n) is 10.2. The Labute approximate surface area is 279 Å². The van der Waals surface area contributed by atoms with Crippen molar-refractivity contribution in [2.75, 3.05) is 0 Å². The Morgan fingerprint density at radius 1 is 0.208 bits per heavy atom. The molecular formula is C48H30. The highest BCUT2D eigenvalue weighted by Gasteiger charge is 2.15. The van der Waals surface area contributed by atoms with E-state index in [2.05, 4.69) is 182 Å². The Bertz CT molecular complexity index is 2610. The van der Waals surface area contributed by atoms with E-state index in [9.17, 15) is 0 Å². The molecule has 0 spiro atoms. The first-order valence-corrected chi connectivity index (χ1v) is 16.7. The summed E-state index contributed by atoms with van der Waals surface area (Å²) in [4.78, 5) is 0. The van der Waals surface area contributed by atoms with Crippen LogP contribution in [0, 0.1) is 0 Å². The lowest BCUT2D eigenvalue weighted by molar-refractivity contribution is 1.64. The van der Waals surface area contributed by atoms with Crippen LogP contribution in [-0.2, 0) is 0 Å². The van der Waals surface area contributed by atoms with Crippen LogP contribution in [0.25, 0.3) is 98.4 Å². The van der Waals surface area contributed by atoms with Crippen LogP contribution < -0.4 is 0 Å². The van der Waals surface area contributed by atoms with Crippen LogP contribution in [0.5, 0.6) is 0 Å². The van der Waals surface area contributed by atoms with Gasteiger partial charge in [-0.3, -0.25) is 0 Å². The molecule has 10 aromatic rings. The average molecular weight is 607 g/mol. The summed E-state index contributed by atoms with van der Waals surface area (Å²) >= 11 is 0. The van der Waals surface area contributed by atoms with Gasteiger partial charge in [0.25, 0.3) is 0 Å². The zero-order valence-corrected chi connectivity index (χ0v) is 26.3. The number of fused-ring (bicyclic) bond motifs is 2. The van der Waals surface area contributed by atoms with E-state index < -0.39 is 0 Å². The van der Waals surface area contributed by atoms with Crippen molar-refractivity contribution in [3.05, 3.63) is 182 Å². The van der Waals surface area contributed by atoms with E-state index in [0.29, 0.717) is 0 Å². The van der Waals surface area contributed by atoms with Gasteiger partial charge in [0.05, 0.1) is 0 Å². The minimum absolute atomic E-state index is 1.25. The largest absolute Gasteiger partial charge is 0.0622 e. The quantitative estimate of drug-likeness (QED) is 0.175. The molecule has 0 atom stereocenters. The number of hydrogen-bond donors (Lipinski definition) is 0. The lowest BCUT2D eigenvalue weighted by Crippen LogP contribution is -1.90. The third kappa shape index (κ3) is 4.31. The monoisotopic (exact) mass is 606 g/mol. The molecule has 0 bridgehead atoms. The molecule has 0 radical (unpaired) electrons. The summed E-state index contributed by atoms with van der Waals surface area (Å²) in [5, 5.41) is 12.9. The Morgan fingerprint density at radius 2 is 0.542 bits per heavy atom. The summed E-state index contributed by atoms with van der Waals surface area (Å²) in [5.74, 6) is 0. The Hall–Kier alpha value is -6.24. The number of hydrogen-bond acceptors (Lipinski definition) is 0. The lowest BCUT2D eigenvalue weighted by atomic mass is 9.86. The van der Waals surface area contributed by atoms with Gasteiger partial charge in [-0.1, -0.05) is 158 Å². The number of benzene rings is 10. The Morgan fingerprint density at radius 3 is 0.958 bits per heavy atom. The standard InChI is InChI=1S/C48H30/c1-3-7-31(8-4-1)35-11-13-39-29-41(17-15-37(39)27-35)43-23-19-33-22-26-46-44(24-20-34-21-25-45(43)47(33)48(34)46)42-18-16-38-28-36(12-14-40(38)30-42)32-9-5-2-6-10-32/h1-30H. The molecule has 222 valence electrons. The zero-order chi connectivity index (χ0) is 31.6. The Kier molecular flexibility index (Phi) is 5.98. The summed E-state index contributed by atoms with van der Waals surface area (Å²) in [6, 6.07) is 67.1. The first-order valence-electron chi connectivity index (χ1n) is 16.7. The summed E-state index contributed by atoms with van der Waals surface area (Å²) in [7, 11) is 0. The van der Waals surface area contributed by atoms with Crippen molar-refractivity contribution in [2.24, 2.45) is 0 Å². The molecule has 0 nitrogen and oxygen atoms in total. The second-order valence-electron chi connectivity index (χ2n) is 12.9. The molecule has 0 aliphatic rings. The normalized spacial score (nSPS) is 11.8. The van der Waals surface area contributed by atoms with Gasteiger partial charge in [-0.05, 0) is 123 Å². The maximum atomic E-state index is 2.35. The molecule has 0 heterocycles. The fraction of sp³-hybridized carbons (Fsp3) is 0. The van der Waals surface area contributed by atoms with E-state index in [1.54, 1.807) is 0 Å². The highest BCUT2D eigenvalue weighted by molar-refractivity contribution is 6.27. The molecule has 10 rings (SSSR count). The topological polar surface area (TPSA) is 0 Å². The second kappa shape index (κ2) is 10.7. The van der Waals surface area contributed by atoms with Crippen molar-refractivity contribution in [1.82, 2.24) is 0 Å². The van der Waals surface area contributed by atoms with Crippen LogP contribution in [0.15, 0.2) is 182 Å². The summed E-state index contributed by atoms with van der Waals surface area (Å²) in [5.41, 5.74) is 10.0. The maximum absolute atomic E-state index is 2.35. The van der Waals surface area contributed by atoms with Gasteiger partial charge < -0.3 is 0 Å². The smallest absolute Gasteiger partial charge is 0.00203 e. The molecule has 0 N–H and O–H groups in total. The predicted molar refractivity (Wildman–Crippen MR) is 207 cm³/mol. The molecule has 48 heavy (non-hydrogen) atoms. The molecule has 0 amide bonds. The molecule has 0 heteroatoms. The summed E-state index contributed by atoms with van der Waals surface area (Å²) < 4.78 is 0. The van der Waals surface area contributed by atoms with Crippen LogP contribution in [0.4, 0.5) is 0 Å². The van der Waals surface area contributed by atoms with Crippen molar-refractivity contribution >= 4 is 53.9 Å². The van der Waals surface area contributed by atoms with Gasteiger partial charge in [-0.2, -0.15) is 0 Å². The minimum atomic E-state index is 1.25. The molecular weight excluding hydrogens is 577 g/mol. The van der Waals surface area contributed by atoms with Crippen molar-refractivity contribution < 1.29 is 0 Å². The first kappa shape index (κ1) is 26.9. The minimum Gasteiger partial charge on any atom is -0.0622 e. The van der Waals surface area contributed by atoms with Gasteiger partial charge >= 0.3 is 0 Å². The summed E-state index contributed by atoms with van der Waals surface area (Å²) in [6.45, 7) is 0. The molecule has 0 fully saturated rings. The van der Waals surface area contributed by atoms with E-state index in [1.807, 2.05) is 0 Å². The summed E-state index contributed by atoms with van der Waals surface area (Å²) in [6.07, 6.45) is 0. The van der Waals surface area contributed by atoms with E-state index in [0.717, 1.165) is 0 Å². The van der Waals surface area contributed by atoms with Crippen molar-refractivity contribution in [3.63, 3.8) is 0 Å². The lowest BCUT2D eigenvalue weighted by Gasteiger charge is -2.17. The SMILES string of the molecule is c1ccc(-c2ccc3cc(-c4ccc5ccc6c(-c7ccc8cc(-c9ccccc9)ccc8c7)ccc7ccc4c5c76)ccc3c2)cc1. The molecule has 0 unspecified atom stereocenters. The van der Waals surface area contributed by atoms with Gasteiger partial charge in [-0.25, -0.2) is 0 Å². The van der Waals surface area contributed by atoms with Crippen molar-refractivity contribution in [2.45, 2.75) is 0 Å². The highest BCUT2D eigenvalue weighted by atomic mass is 14.2. The van der Waals surface area contributed by atoms with E-state index in [4.69, 9.17) is 0 Å². The van der Waals surface area contributed by atoms with Crippen LogP contribution >= 0.6 is 0 Å². The fourth-order valence-electron chi connectivity index (χ4n) is 7.75. The maximum Gasteiger partial charge on any atom is -0.00203 e. The Balaban J connectivity index is 1.10. The van der Waals surface area contributed by atoms with Crippen LogP contribution in [-0.4, -0.2) is 0 Å². The molecule has 0 aliphatic carbocycles. The van der Waals surface area contributed by atoms with Crippen LogP contribution in [0.3, 0.4) is 0 Å². The van der Waals surface area contributed by atoms with Crippen LogP contribution in [0.2, 0.25) is 0 Å². The first-order chi connectivity index (χ1) is 23.8. The molecule has 0 saturated carbocycles. The van der Waals surface area contributed by atoms with Gasteiger partial charge in [0.15, 0.2) is 0 Å². The molecule has 0 aliphatic heterocycles. The van der Waals surface area contributed by atoms with Gasteiger partial charge in [-0.15, -0.1) is 0 Å². The molecule has 0 saturated heterocycles. The average Bonchev–Trinajstić information content (AvgIpc) is 3.16. The predicted octanol–water partition coefficient (Wildman–Crippen LogP) is 13.6. The third-order valence-corrected chi connectivity index (χ3v) is 10.2. The second-order valence-corrected chi connectivity index (χ2v) is 12.9. The van der Waals surface area contributed by atoms with Gasteiger partial charge in [0, 0.05) is 0 Å². The number of rotatable bonds is 4. The fourth-order valence-corrected chi connectivity index (χ4v) is 7.75. The zero-order valence-electron chi connectivity index (χ0n) is 26.3. The molecule has 10 aromatic carbocycles. The van der Waals surface area contributed by atoms with Crippen molar-refractivity contribution in [1.29, 1.82) is 0 Å². The van der Waals surface area contributed by atoms with E-state index >= 15 is 0 Å². The van der Waals surface area contributed by atoms with Crippen molar-refractivity contribution in [3.8, 4) is 44.5 Å². The van der Waals surface area contributed by atoms with Gasteiger partial charge in [0.1, 0.15) is 0 Å². The molecule has 0 aromatic heterocycles. The van der Waals surface area contributed by atoms with Gasteiger partial charge in [0.2, 0.25) is 0 Å². The highest BCUT2D eigenvalue weighted by Crippen LogP contribution is 2.43. The van der Waals surface area contributed by atoms with Crippen LogP contribution in [0.1, 0.15) is 0 Å². The van der Waals surface area contributed by atoms with E-state index in [-0.39, 0.29) is 0 Å².